The highest BCUT2D eigenvalue weighted by Gasteiger charge is 2.30. The van der Waals surface area contributed by atoms with Crippen molar-refractivity contribution in [3.63, 3.8) is 0 Å². The average molecular weight is 282 g/mol. The zero-order chi connectivity index (χ0) is 14.7. The fraction of sp³-hybridized carbons (Fsp3) is 0.400. The molecule has 1 aromatic rings. The Morgan fingerprint density at radius 3 is 2.95 bits per heavy atom. The number of nitrogens with two attached hydrogens (primary N) is 2. The number of ether oxygens (including phenoxy) is 1. The average Bonchev–Trinajstić information content (AvgIpc) is 2.46. The number of pyridine rings is 1. The van der Waals surface area contributed by atoms with Crippen LogP contribution >= 0.6 is 0 Å². The van der Waals surface area contributed by atoms with Gasteiger partial charge in [0.2, 0.25) is 5.91 Å². The summed E-state index contributed by atoms with van der Waals surface area (Å²) in [6.45, 7) is 0.844. The first kappa shape index (κ1) is 14.0. The molecule has 1 unspecified atom stereocenters. The van der Waals surface area contributed by atoms with E-state index in [1.54, 1.807) is 4.90 Å². The first-order valence-corrected chi connectivity index (χ1v) is 5.79. The van der Waals surface area contributed by atoms with Crippen LogP contribution in [0.1, 0.15) is 0 Å². The summed E-state index contributed by atoms with van der Waals surface area (Å²) in [5, 5.41) is 10.9. The summed E-state index contributed by atoms with van der Waals surface area (Å²) in [5.41, 5.74) is 7.37. The number of hydrogen-bond donors (Lipinski definition) is 3. The Bertz CT molecular complexity index is 536. The van der Waals surface area contributed by atoms with Crippen molar-refractivity contribution < 1.29 is 14.5 Å². The Balaban J connectivity index is 2.41. The SMILES string of the molecule is NNc1cc([N+](=O)[O-])cc(N2CCOCC2C(N)=O)n1. The minimum Gasteiger partial charge on any atom is -0.377 e. The number of nitrogen functional groups attached to an aromatic ring is 1. The normalized spacial score (nSPS) is 18.6. The van der Waals surface area contributed by atoms with Gasteiger partial charge in [0.1, 0.15) is 17.7 Å². The van der Waals surface area contributed by atoms with E-state index in [0.29, 0.717) is 13.2 Å². The minimum absolute atomic E-state index is 0.116. The lowest BCUT2D eigenvalue weighted by molar-refractivity contribution is -0.384. The minimum atomic E-state index is -0.719. The summed E-state index contributed by atoms with van der Waals surface area (Å²) in [5.74, 6) is 5.04. The first-order valence-electron chi connectivity index (χ1n) is 5.79. The molecule has 1 amide bonds. The maximum Gasteiger partial charge on any atom is 0.276 e. The van der Waals surface area contributed by atoms with Gasteiger partial charge in [-0.25, -0.2) is 10.8 Å². The molecule has 1 aliphatic heterocycles. The fourth-order valence-electron chi connectivity index (χ4n) is 1.94. The van der Waals surface area contributed by atoms with E-state index >= 15 is 0 Å². The number of carbonyl (C=O) groups excluding carboxylic acids is 1. The summed E-state index contributed by atoms with van der Waals surface area (Å²) in [6.07, 6.45) is 0. The second kappa shape index (κ2) is 5.67. The number of nitrogens with zero attached hydrogens (tertiary/aromatic N) is 3. The highest BCUT2D eigenvalue weighted by atomic mass is 16.6. The molecular formula is C10H14N6O4. The van der Waals surface area contributed by atoms with Crippen LogP contribution in [-0.4, -0.2) is 41.6 Å². The van der Waals surface area contributed by atoms with Crippen LogP contribution in [0.15, 0.2) is 12.1 Å². The maximum atomic E-state index is 11.4. The molecule has 0 aromatic carbocycles. The molecule has 5 N–H and O–H groups in total. The van der Waals surface area contributed by atoms with Gasteiger partial charge in [0, 0.05) is 6.54 Å². The number of amides is 1. The van der Waals surface area contributed by atoms with Crippen LogP contribution in [0, 0.1) is 10.1 Å². The zero-order valence-corrected chi connectivity index (χ0v) is 10.5. The lowest BCUT2D eigenvalue weighted by atomic mass is 10.2. The van der Waals surface area contributed by atoms with E-state index in [1.165, 1.54) is 12.1 Å². The highest BCUT2D eigenvalue weighted by molar-refractivity contribution is 5.84. The molecule has 1 fully saturated rings. The van der Waals surface area contributed by atoms with Crippen LogP contribution in [0.4, 0.5) is 17.3 Å². The van der Waals surface area contributed by atoms with E-state index in [0.717, 1.165) is 0 Å². The van der Waals surface area contributed by atoms with Crippen LogP contribution < -0.4 is 21.9 Å². The third kappa shape index (κ3) is 2.75. The molecule has 108 valence electrons. The van der Waals surface area contributed by atoms with Crippen molar-refractivity contribution in [2.24, 2.45) is 11.6 Å². The first-order chi connectivity index (χ1) is 9.52. The number of aromatic nitrogens is 1. The number of nitro groups is 1. The van der Waals surface area contributed by atoms with E-state index in [2.05, 4.69) is 10.4 Å². The number of primary amides is 1. The monoisotopic (exact) mass is 282 g/mol. The van der Waals surface area contributed by atoms with Gasteiger partial charge < -0.3 is 20.8 Å². The molecule has 0 radical (unpaired) electrons. The Kier molecular flexibility index (Phi) is 3.96. The number of hydrogen-bond acceptors (Lipinski definition) is 8. The molecule has 0 saturated carbocycles. The second-order valence-electron chi connectivity index (χ2n) is 4.16. The predicted molar refractivity (Wildman–Crippen MR) is 69.8 cm³/mol. The largest absolute Gasteiger partial charge is 0.377 e. The van der Waals surface area contributed by atoms with Crippen molar-refractivity contribution in [3.05, 3.63) is 22.2 Å². The van der Waals surface area contributed by atoms with E-state index in [4.69, 9.17) is 16.3 Å². The quantitative estimate of drug-likeness (QED) is 0.360. The molecule has 0 aliphatic carbocycles. The lowest BCUT2D eigenvalue weighted by Crippen LogP contribution is -2.53. The number of nitrogens with one attached hydrogen (secondary N) is 1. The van der Waals surface area contributed by atoms with Crippen molar-refractivity contribution in [2.45, 2.75) is 6.04 Å². The van der Waals surface area contributed by atoms with Gasteiger partial charge in [-0.15, -0.1) is 0 Å². The van der Waals surface area contributed by atoms with Gasteiger partial charge in [-0.3, -0.25) is 14.9 Å². The molecule has 1 saturated heterocycles. The molecule has 10 nitrogen and oxygen atoms in total. The van der Waals surface area contributed by atoms with E-state index in [9.17, 15) is 14.9 Å². The smallest absolute Gasteiger partial charge is 0.276 e. The van der Waals surface area contributed by atoms with Crippen LogP contribution in [0.25, 0.3) is 0 Å². The van der Waals surface area contributed by atoms with Crippen molar-refractivity contribution in [1.82, 2.24) is 4.98 Å². The molecule has 1 aromatic heterocycles. The molecule has 2 rings (SSSR count). The van der Waals surface area contributed by atoms with Crippen molar-refractivity contribution in [1.29, 1.82) is 0 Å². The number of anilines is 2. The van der Waals surface area contributed by atoms with Gasteiger partial charge in [0.25, 0.3) is 5.69 Å². The predicted octanol–water partition coefficient (Wildman–Crippen LogP) is -1.03. The van der Waals surface area contributed by atoms with Crippen LogP contribution in [0.5, 0.6) is 0 Å². The Hall–Kier alpha value is -2.46. The Morgan fingerprint density at radius 2 is 2.35 bits per heavy atom. The number of carbonyl (C=O) groups is 1. The summed E-state index contributed by atoms with van der Waals surface area (Å²) in [7, 11) is 0. The standard InChI is InChI=1S/C10H14N6O4/c11-10(17)7-5-20-2-1-15(7)9-4-6(16(18)19)3-8(13-9)14-12/h3-4,7H,1-2,5,12H2,(H2,11,17)(H,13,14). The maximum absolute atomic E-state index is 11.4. The topological polar surface area (TPSA) is 150 Å². The number of morpholine rings is 1. The molecule has 20 heavy (non-hydrogen) atoms. The molecular weight excluding hydrogens is 268 g/mol. The summed E-state index contributed by atoms with van der Waals surface area (Å²) in [4.78, 5) is 27.4. The third-order valence-corrected chi connectivity index (χ3v) is 2.91. The fourth-order valence-corrected chi connectivity index (χ4v) is 1.94. The van der Waals surface area contributed by atoms with Crippen molar-refractivity contribution >= 4 is 23.2 Å². The molecule has 10 heteroatoms. The highest BCUT2D eigenvalue weighted by Crippen LogP contribution is 2.25. The van der Waals surface area contributed by atoms with Crippen molar-refractivity contribution in [3.8, 4) is 0 Å². The van der Waals surface area contributed by atoms with Gasteiger partial charge in [-0.05, 0) is 0 Å². The van der Waals surface area contributed by atoms with E-state index < -0.39 is 16.9 Å². The number of hydrazine groups is 1. The lowest BCUT2D eigenvalue weighted by Gasteiger charge is -2.34. The molecule has 1 aliphatic rings. The summed E-state index contributed by atoms with van der Waals surface area (Å²) >= 11 is 0. The third-order valence-electron chi connectivity index (χ3n) is 2.91. The van der Waals surface area contributed by atoms with Crippen LogP contribution in [0.3, 0.4) is 0 Å². The second-order valence-corrected chi connectivity index (χ2v) is 4.16. The Labute approximate surface area is 113 Å². The van der Waals surface area contributed by atoms with Gasteiger partial charge >= 0.3 is 0 Å². The van der Waals surface area contributed by atoms with Crippen LogP contribution in [-0.2, 0) is 9.53 Å². The van der Waals surface area contributed by atoms with Gasteiger partial charge in [-0.2, -0.15) is 0 Å². The van der Waals surface area contributed by atoms with Gasteiger partial charge in [0.05, 0.1) is 30.3 Å². The molecule has 1 atom stereocenters. The Morgan fingerprint density at radius 1 is 1.60 bits per heavy atom. The van der Waals surface area contributed by atoms with E-state index in [1.807, 2.05) is 0 Å². The van der Waals surface area contributed by atoms with Gasteiger partial charge in [0.15, 0.2) is 0 Å². The van der Waals surface area contributed by atoms with Crippen LogP contribution in [0.2, 0.25) is 0 Å². The van der Waals surface area contributed by atoms with E-state index in [-0.39, 0.29) is 23.9 Å². The summed E-state index contributed by atoms with van der Waals surface area (Å²) in [6, 6.07) is 1.74. The molecule has 2 heterocycles. The van der Waals surface area contributed by atoms with Gasteiger partial charge in [-0.1, -0.05) is 0 Å². The summed E-state index contributed by atoms with van der Waals surface area (Å²) < 4.78 is 5.18. The number of rotatable bonds is 4. The zero-order valence-electron chi connectivity index (χ0n) is 10.5. The molecule has 0 bridgehead atoms. The molecule has 0 spiro atoms. The van der Waals surface area contributed by atoms with Crippen molar-refractivity contribution in [2.75, 3.05) is 30.1 Å².